The van der Waals surface area contributed by atoms with E-state index in [-0.39, 0.29) is 19.1 Å². The van der Waals surface area contributed by atoms with Crippen LogP contribution in [0.4, 0.5) is 5.69 Å². The highest BCUT2D eigenvalue weighted by Gasteiger charge is 2.12. The largest absolute Gasteiger partial charge is 0.487 e. The number of nitrogens with one attached hydrogen (secondary N) is 1. The van der Waals surface area contributed by atoms with Crippen LogP contribution in [0.1, 0.15) is 36.5 Å². The number of hydrogen-bond donors (Lipinski definition) is 3. The average molecular weight is 403 g/mol. The molecule has 1 heterocycles. The first-order valence-electron chi connectivity index (χ1n) is 9.80. The zero-order valence-electron chi connectivity index (χ0n) is 16.9. The van der Waals surface area contributed by atoms with E-state index in [0.717, 1.165) is 22.4 Å². The smallest absolute Gasteiger partial charge is 0.221 e. The van der Waals surface area contributed by atoms with Gasteiger partial charge in [0.05, 0.1) is 12.3 Å². The maximum absolute atomic E-state index is 11.3. The van der Waals surface area contributed by atoms with Gasteiger partial charge in [-0.3, -0.25) is 9.79 Å². The van der Waals surface area contributed by atoms with E-state index in [0.29, 0.717) is 36.5 Å². The highest BCUT2D eigenvalue weighted by Crippen LogP contribution is 2.26. The number of fused-ring (bicyclic) bond motifs is 1. The van der Waals surface area contributed by atoms with Gasteiger partial charge in [-0.2, -0.15) is 0 Å². The molecule has 1 aliphatic heterocycles. The molecule has 2 aromatic rings. The van der Waals surface area contributed by atoms with Crippen LogP contribution >= 0.6 is 0 Å². The molecule has 0 unspecified atom stereocenters. The lowest BCUT2D eigenvalue weighted by molar-refractivity contribution is -0.114. The normalized spacial score (nSPS) is 13.1. The number of nitrogens with two attached hydrogens (primary N) is 1. The Balaban J connectivity index is 1.77. The zero-order valence-corrected chi connectivity index (χ0v) is 16.9. The molecule has 0 aliphatic carbocycles. The number of ether oxygens (including phenoxy) is 1. The minimum absolute atomic E-state index is 0.130. The van der Waals surface area contributed by atoms with Crippen molar-refractivity contribution >= 4 is 23.0 Å². The number of nitrogens with zero attached hydrogens (tertiary/aromatic N) is 1. The van der Waals surface area contributed by atoms with Crippen LogP contribution in [0.3, 0.4) is 0 Å². The molecule has 1 aliphatic rings. The first kappa shape index (κ1) is 21.2. The summed E-state index contributed by atoms with van der Waals surface area (Å²) >= 11 is 0. The molecule has 0 saturated heterocycles. The topological polar surface area (TPSA) is 96.9 Å². The predicted octanol–water partition coefficient (Wildman–Crippen LogP) is 3.10. The van der Waals surface area contributed by atoms with E-state index < -0.39 is 0 Å². The van der Waals surface area contributed by atoms with Crippen LogP contribution in [0.25, 0.3) is 5.70 Å². The number of carbonyl (C=O) groups excluding carboxylic acids is 1. The van der Waals surface area contributed by atoms with Gasteiger partial charge < -0.3 is 20.9 Å². The minimum atomic E-state index is -0.130. The van der Waals surface area contributed by atoms with Gasteiger partial charge in [0, 0.05) is 54.1 Å². The summed E-state index contributed by atoms with van der Waals surface area (Å²) in [4.78, 5) is 15.9. The second-order valence-electron chi connectivity index (χ2n) is 6.87. The maximum atomic E-state index is 11.3. The Labute approximate surface area is 176 Å². The summed E-state index contributed by atoms with van der Waals surface area (Å²) in [5.74, 6) is 6.76. The van der Waals surface area contributed by atoms with Crippen molar-refractivity contribution in [2.24, 2.45) is 10.7 Å². The van der Waals surface area contributed by atoms with Crippen LogP contribution in [-0.2, 0) is 11.3 Å². The standard InChI is InChI=1S/C24H25N3O3/c1-17(29)27-20-11-10-19-15-26-21(16-30-24(19)14-20)13-23(25)22-9-5-4-8-18(22)7-3-2-6-12-28/h4-5,8-11,13-14,28H,2,6,12,15-16,25H2,1H3,(H,27,29). The highest BCUT2D eigenvalue weighted by atomic mass is 16.5. The van der Waals surface area contributed by atoms with Crippen LogP contribution in [0.5, 0.6) is 5.75 Å². The molecule has 2 aromatic carbocycles. The van der Waals surface area contributed by atoms with Gasteiger partial charge in [-0.05, 0) is 24.6 Å². The fraction of sp³-hybridized carbons (Fsp3) is 0.250. The fourth-order valence-electron chi connectivity index (χ4n) is 3.00. The third-order valence-electron chi connectivity index (χ3n) is 4.46. The van der Waals surface area contributed by atoms with Crippen molar-refractivity contribution in [3.05, 3.63) is 65.2 Å². The number of anilines is 1. The molecule has 154 valence electrons. The summed E-state index contributed by atoms with van der Waals surface area (Å²) in [6.07, 6.45) is 3.10. The average Bonchev–Trinajstić information content (AvgIpc) is 2.93. The lowest BCUT2D eigenvalue weighted by Crippen LogP contribution is -2.11. The Bertz CT molecular complexity index is 1050. The van der Waals surface area contributed by atoms with Crippen molar-refractivity contribution in [1.29, 1.82) is 0 Å². The number of rotatable bonds is 5. The number of amides is 1. The van der Waals surface area contributed by atoms with Crippen LogP contribution in [0.15, 0.2) is 53.5 Å². The van der Waals surface area contributed by atoms with Gasteiger partial charge in [0.15, 0.2) is 0 Å². The van der Waals surface area contributed by atoms with E-state index >= 15 is 0 Å². The predicted molar refractivity (Wildman–Crippen MR) is 119 cm³/mol. The molecule has 0 fully saturated rings. The zero-order chi connectivity index (χ0) is 21.3. The third-order valence-corrected chi connectivity index (χ3v) is 4.46. The van der Waals surface area contributed by atoms with Crippen LogP contribution in [-0.4, -0.2) is 29.9 Å². The van der Waals surface area contributed by atoms with E-state index in [9.17, 15) is 4.79 Å². The quantitative estimate of drug-likeness (QED) is 0.528. The van der Waals surface area contributed by atoms with Gasteiger partial charge in [-0.15, -0.1) is 0 Å². The fourth-order valence-corrected chi connectivity index (χ4v) is 3.00. The first-order chi connectivity index (χ1) is 14.6. The van der Waals surface area contributed by atoms with E-state index in [2.05, 4.69) is 22.2 Å². The number of aliphatic hydroxyl groups excluding tert-OH is 1. The Morgan fingerprint density at radius 1 is 1.33 bits per heavy atom. The van der Waals surface area contributed by atoms with Crippen molar-refractivity contribution in [2.45, 2.75) is 26.3 Å². The molecule has 1 amide bonds. The van der Waals surface area contributed by atoms with Crippen molar-refractivity contribution in [3.63, 3.8) is 0 Å². The second-order valence-corrected chi connectivity index (χ2v) is 6.87. The lowest BCUT2D eigenvalue weighted by Gasteiger charge is -2.10. The number of aliphatic hydroxyl groups is 1. The maximum Gasteiger partial charge on any atom is 0.221 e. The van der Waals surface area contributed by atoms with Crippen molar-refractivity contribution in [2.75, 3.05) is 18.5 Å². The van der Waals surface area contributed by atoms with E-state index in [4.69, 9.17) is 15.6 Å². The molecular weight excluding hydrogens is 378 g/mol. The van der Waals surface area contributed by atoms with Gasteiger partial charge in [-0.1, -0.05) is 36.1 Å². The number of carbonyl (C=O) groups is 1. The molecule has 0 aromatic heterocycles. The van der Waals surface area contributed by atoms with Gasteiger partial charge in [0.1, 0.15) is 12.4 Å². The first-order valence-corrected chi connectivity index (χ1v) is 9.80. The molecule has 6 heteroatoms. The van der Waals surface area contributed by atoms with Crippen LogP contribution < -0.4 is 15.8 Å². The monoisotopic (exact) mass is 403 g/mol. The number of hydrogen-bond acceptors (Lipinski definition) is 5. The van der Waals surface area contributed by atoms with Gasteiger partial charge in [0.2, 0.25) is 5.91 Å². The summed E-state index contributed by atoms with van der Waals surface area (Å²) in [6.45, 7) is 2.35. The molecular formula is C24H25N3O3. The summed E-state index contributed by atoms with van der Waals surface area (Å²) < 4.78 is 5.91. The van der Waals surface area contributed by atoms with E-state index in [1.807, 2.05) is 42.5 Å². The van der Waals surface area contributed by atoms with Gasteiger partial charge in [-0.25, -0.2) is 0 Å². The Morgan fingerprint density at radius 3 is 2.97 bits per heavy atom. The lowest BCUT2D eigenvalue weighted by atomic mass is 10.0. The molecule has 0 saturated carbocycles. The van der Waals surface area contributed by atoms with Crippen LogP contribution in [0.2, 0.25) is 0 Å². The second kappa shape index (κ2) is 10.3. The molecule has 6 nitrogen and oxygen atoms in total. The van der Waals surface area contributed by atoms with Crippen molar-refractivity contribution in [1.82, 2.24) is 0 Å². The SMILES string of the molecule is CC(=O)Nc1ccc2c(c1)OCC(C=C(N)c1ccccc1C#CCCCO)=NC2. The molecule has 0 bridgehead atoms. The van der Waals surface area contributed by atoms with Gasteiger partial charge >= 0.3 is 0 Å². The summed E-state index contributed by atoms with van der Waals surface area (Å²) in [6, 6.07) is 13.2. The molecule has 0 radical (unpaired) electrons. The number of benzene rings is 2. The van der Waals surface area contributed by atoms with Gasteiger partial charge in [0.25, 0.3) is 0 Å². The summed E-state index contributed by atoms with van der Waals surface area (Å²) in [5, 5.41) is 11.6. The Kier molecular flexibility index (Phi) is 7.25. The Hall–Kier alpha value is -3.56. The van der Waals surface area contributed by atoms with Crippen molar-refractivity contribution < 1.29 is 14.6 Å². The summed E-state index contributed by atoms with van der Waals surface area (Å²) in [5.41, 5.74) is 11.0. The van der Waals surface area contributed by atoms with Crippen molar-refractivity contribution in [3.8, 4) is 17.6 Å². The Morgan fingerprint density at radius 2 is 2.17 bits per heavy atom. The number of aliphatic imine (C=N–C) groups is 1. The molecule has 0 atom stereocenters. The molecule has 3 rings (SSSR count). The third kappa shape index (κ3) is 5.72. The van der Waals surface area contributed by atoms with E-state index in [1.165, 1.54) is 6.92 Å². The highest BCUT2D eigenvalue weighted by molar-refractivity contribution is 6.02. The molecule has 4 N–H and O–H groups in total. The minimum Gasteiger partial charge on any atom is -0.487 e. The van der Waals surface area contributed by atoms with E-state index in [1.54, 1.807) is 6.07 Å². The van der Waals surface area contributed by atoms with Crippen LogP contribution in [0, 0.1) is 11.8 Å². The summed E-state index contributed by atoms with van der Waals surface area (Å²) in [7, 11) is 0. The number of unbranched alkanes of at least 4 members (excludes halogenated alkanes) is 1. The molecule has 0 spiro atoms. The molecule has 30 heavy (non-hydrogen) atoms.